The van der Waals surface area contributed by atoms with E-state index in [1.165, 1.54) is 18.7 Å². The van der Waals surface area contributed by atoms with Crippen LogP contribution in [0.4, 0.5) is 4.79 Å². The molecular formula is C10H16Cl3NO3. The monoisotopic (exact) mass is 303 g/mol. The number of ether oxygens (including phenoxy) is 1. The van der Waals surface area contributed by atoms with Crippen LogP contribution in [0, 0.1) is 0 Å². The van der Waals surface area contributed by atoms with Gasteiger partial charge in [0.15, 0.2) is 5.60 Å². The largest absolute Gasteiger partial charge is 0.439 e. The summed E-state index contributed by atoms with van der Waals surface area (Å²) >= 11 is 17.2. The smallest absolute Gasteiger partial charge is 0.410 e. The van der Waals surface area contributed by atoms with Crippen molar-refractivity contribution in [2.45, 2.75) is 42.2 Å². The molecule has 0 radical (unpaired) electrons. The predicted molar refractivity (Wildman–Crippen MR) is 67.7 cm³/mol. The molecule has 0 aromatic rings. The van der Waals surface area contributed by atoms with Crippen molar-refractivity contribution in [1.29, 1.82) is 0 Å². The fourth-order valence-electron chi connectivity index (χ4n) is 1.39. The Hall–Kier alpha value is 0.1000. The molecule has 1 aliphatic heterocycles. The molecule has 7 heteroatoms. The van der Waals surface area contributed by atoms with Gasteiger partial charge in [0.1, 0.15) is 0 Å². The van der Waals surface area contributed by atoms with Crippen molar-refractivity contribution in [3.63, 3.8) is 0 Å². The number of halogens is 3. The van der Waals surface area contributed by atoms with Gasteiger partial charge in [-0.3, -0.25) is 0 Å². The molecule has 0 unspecified atom stereocenters. The molecule has 1 amide bonds. The van der Waals surface area contributed by atoms with E-state index < -0.39 is 15.5 Å². The lowest BCUT2D eigenvalue weighted by Gasteiger charge is -2.36. The quantitative estimate of drug-likeness (QED) is 0.758. The molecule has 0 aromatic carbocycles. The summed E-state index contributed by atoms with van der Waals surface area (Å²) in [5, 5.41) is 9.33. The Balaban J connectivity index is 2.55. The SMILES string of the molecule is CC(C)(OC(=O)N1CCC(O)CC1)C(Cl)(Cl)Cl. The van der Waals surface area contributed by atoms with Crippen LogP contribution in [-0.4, -0.2) is 44.7 Å². The van der Waals surface area contributed by atoms with Gasteiger partial charge in [-0.05, 0) is 26.7 Å². The van der Waals surface area contributed by atoms with Crippen molar-refractivity contribution in [1.82, 2.24) is 4.90 Å². The van der Waals surface area contributed by atoms with E-state index in [9.17, 15) is 9.90 Å². The highest BCUT2D eigenvalue weighted by molar-refractivity contribution is 6.68. The summed E-state index contributed by atoms with van der Waals surface area (Å²) in [4.78, 5) is 13.3. The van der Waals surface area contributed by atoms with Gasteiger partial charge in [0.05, 0.1) is 6.10 Å². The zero-order chi connectivity index (χ0) is 13.3. The van der Waals surface area contributed by atoms with Crippen LogP contribution in [0.15, 0.2) is 0 Å². The van der Waals surface area contributed by atoms with Crippen molar-refractivity contribution < 1.29 is 14.6 Å². The minimum Gasteiger partial charge on any atom is -0.439 e. The zero-order valence-corrected chi connectivity index (χ0v) is 12.0. The number of nitrogens with zero attached hydrogens (tertiary/aromatic N) is 1. The third-order valence-corrected chi connectivity index (χ3v) is 4.11. The summed E-state index contributed by atoms with van der Waals surface area (Å²) in [5.74, 6) is 0. The summed E-state index contributed by atoms with van der Waals surface area (Å²) < 4.78 is 3.50. The third-order valence-electron chi connectivity index (χ3n) is 2.75. The number of carbonyl (C=O) groups is 1. The predicted octanol–water partition coefficient (Wildman–Crippen LogP) is 2.73. The Morgan fingerprint density at radius 3 is 2.18 bits per heavy atom. The lowest BCUT2D eigenvalue weighted by Crippen LogP contribution is -2.47. The molecule has 1 rings (SSSR count). The molecule has 100 valence electrons. The second-order valence-electron chi connectivity index (χ2n) is 4.59. The average molecular weight is 305 g/mol. The highest BCUT2D eigenvalue weighted by atomic mass is 35.6. The van der Waals surface area contributed by atoms with E-state index in [-0.39, 0.29) is 6.10 Å². The molecular weight excluding hydrogens is 288 g/mol. The normalized spacial score (nSPS) is 19.3. The number of carbonyl (C=O) groups excluding carboxylic acids is 1. The van der Waals surface area contributed by atoms with Crippen LogP contribution in [-0.2, 0) is 4.74 Å². The molecule has 1 aliphatic rings. The molecule has 1 saturated heterocycles. The molecule has 17 heavy (non-hydrogen) atoms. The Labute approximate surface area is 116 Å². The van der Waals surface area contributed by atoms with Gasteiger partial charge >= 0.3 is 6.09 Å². The van der Waals surface area contributed by atoms with Crippen molar-refractivity contribution >= 4 is 40.9 Å². The van der Waals surface area contributed by atoms with Crippen molar-refractivity contribution in [2.75, 3.05) is 13.1 Å². The van der Waals surface area contributed by atoms with Gasteiger partial charge in [-0.1, -0.05) is 34.8 Å². The van der Waals surface area contributed by atoms with E-state index in [0.717, 1.165) is 0 Å². The number of alkyl halides is 3. The first-order chi connectivity index (χ1) is 7.63. The van der Waals surface area contributed by atoms with E-state index in [4.69, 9.17) is 39.5 Å². The molecule has 0 spiro atoms. The van der Waals surface area contributed by atoms with Gasteiger partial charge in [0, 0.05) is 13.1 Å². The summed E-state index contributed by atoms with van der Waals surface area (Å²) in [6.45, 7) is 3.99. The van der Waals surface area contributed by atoms with E-state index in [2.05, 4.69) is 0 Å². The lowest BCUT2D eigenvalue weighted by molar-refractivity contribution is 0.00284. The first kappa shape index (κ1) is 15.2. The van der Waals surface area contributed by atoms with Crippen molar-refractivity contribution in [3.05, 3.63) is 0 Å². The number of hydrogen-bond donors (Lipinski definition) is 1. The van der Waals surface area contributed by atoms with Crippen molar-refractivity contribution in [3.8, 4) is 0 Å². The van der Waals surface area contributed by atoms with Gasteiger partial charge in [-0.15, -0.1) is 0 Å². The fourth-order valence-corrected chi connectivity index (χ4v) is 1.50. The third kappa shape index (κ3) is 4.05. The number of piperidine rings is 1. The van der Waals surface area contributed by atoms with Gasteiger partial charge in [-0.25, -0.2) is 4.79 Å². The molecule has 1 fully saturated rings. The number of amides is 1. The molecule has 0 saturated carbocycles. The summed E-state index contributed by atoms with van der Waals surface area (Å²) in [6, 6.07) is 0. The molecule has 0 atom stereocenters. The van der Waals surface area contributed by atoms with Crippen LogP contribution < -0.4 is 0 Å². The average Bonchev–Trinajstić information content (AvgIpc) is 2.16. The zero-order valence-electron chi connectivity index (χ0n) is 9.75. The topological polar surface area (TPSA) is 49.8 Å². The van der Waals surface area contributed by atoms with E-state index >= 15 is 0 Å². The first-order valence-electron chi connectivity index (χ1n) is 5.36. The number of rotatable bonds is 1. The molecule has 4 nitrogen and oxygen atoms in total. The van der Waals surface area contributed by atoms with E-state index in [0.29, 0.717) is 25.9 Å². The Morgan fingerprint density at radius 2 is 1.76 bits per heavy atom. The van der Waals surface area contributed by atoms with Gasteiger partial charge in [-0.2, -0.15) is 0 Å². The van der Waals surface area contributed by atoms with Crippen molar-refractivity contribution in [2.24, 2.45) is 0 Å². The standard InChI is InChI=1S/C10H16Cl3NO3/c1-9(2,10(11,12)13)17-8(16)14-5-3-7(15)4-6-14/h7,15H,3-6H2,1-2H3. The number of hydrogen-bond acceptors (Lipinski definition) is 3. The molecule has 1 N–H and O–H groups in total. The van der Waals surface area contributed by atoms with Crippen LogP contribution in [0.1, 0.15) is 26.7 Å². The van der Waals surface area contributed by atoms with Gasteiger partial charge in [0.25, 0.3) is 0 Å². The Bertz CT molecular complexity index is 283. The second kappa shape index (κ2) is 5.39. The number of likely N-dealkylation sites (tertiary alicyclic amines) is 1. The number of aliphatic hydroxyl groups excluding tert-OH is 1. The second-order valence-corrected chi connectivity index (χ2v) is 6.88. The molecule has 0 aromatic heterocycles. The van der Waals surface area contributed by atoms with E-state index in [1.807, 2.05) is 0 Å². The van der Waals surface area contributed by atoms with Gasteiger partial charge in [0.2, 0.25) is 3.79 Å². The maximum Gasteiger partial charge on any atom is 0.410 e. The minimum absolute atomic E-state index is 0.347. The maximum atomic E-state index is 11.8. The minimum atomic E-state index is -1.68. The highest BCUT2D eigenvalue weighted by Crippen LogP contribution is 2.40. The van der Waals surface area contributed by atoms with Crippen LogP contribution in [0.2, 0.25) is 0 Å². The highest BCUT2D eigenvalue weighted by Gasteiger charge is 2.45. The maximum absolute atomic E-state index is 11.8. The Kier molecular flexibility index (Phi) is 4.81. The van der Waals surface area contributed by atoms with Crippen LogP contribution in [0.3, 0.4) is 0 Å². The molecule has 0 aliphatic carbocycles. The summed E-state index contributed by atoms with van der Waals surface area (Å²) in [6.07, 6.45) is 0.223. The van der Waals surface area contributed by atoms with E-state index in [1.54, 1.807) is 0 Å². The Morgan fingerprint density at radius 1 is 1.29 bits per heavy atom. The first-order valence-corrected chi connectivity index (χ1v) is 6.49. The van der Waals surface area contributed by atoms with Crippen LogP contribution in [0.5, 0.6) is 0 Å². The van der Waals surface area contributed by atoms with Gasteiger partial charge < -0.3 is 14.7 Å². The summed E-state index contributed by atoms with van der Waals surface area (Å²) in [5.41, 5.74) is -1.20. The lowest BCUT2D eigenvalue weighted by atomic mass is 10.1. The fraction of sp³-hybridized carbons (Fsp3) is 0.900. The number of aliphatic hydroxyl groups is 1. The summed E-state index contributed by atoms with van der Waals surface area (Å²) in [7, 11) is 0. The molecule has 0 bridgehead atoms. The van der Waals surface area contributed by atoms with Crippen LogP contribution >= 0.6 is 34.8 Å². The molecule has 1 heterocycles. The van der Waals surface area contributed by atoms with Crippen LogP contribution in [0.25, 0.3) is 0 Å².